The van der Waals surface area contributed by atoms with Crippen LogP contribution < -0.4 is 27.4 Å². The Morgan fingerprint density at radius 1 is 0.727 bits per heavy atom. The highest BCUT2D eigenvalue weighted by atomic mass is 16.4. The average Bonchev–Trinajstić information content (AvgIpc) is 2.72. The van der Waals surface area contributed by atoms with Crippen molar-refractivity contribution < 1.29 is 49.2 Å². The molecule has 11 N–H and O–H groups in total. The molecule has 0 aliphatic carbocycles. The number of rotatable bonds is 17. The third-order valence-corrected chi connectivity index (χ3v) is 4.39. The second kappa shape index (κ2) is 15.5. The third kappa shape index (κ3) is 12.4. The average molecular weight is 477 g/mol. The fraction of sp³-hybridized carbons (Fsp3) is 0.667. The molecule has 0 spiro atoms. The van der Waals surface area contributed by atoms with Gasteiger partial charge < -0.3 is 47.8 Å². The number of aliphatic hydroxyl groups excluding tert-OH is 1. The Hall–Kier alpha value is -3.30. The van der Waals surface area contributed by atoms with Crippen LogP contribution in [-0.4, -0.2) is 93.4 Å². The van der Waals surface area contributed by atoms with Gasteiger partial charge in [0.15, 0.2) is 0 Å². The first-order valence-electron chi connectivity index (χ1n) is 10.1. The molecule has 0 aromatic rings. The molecule has 15 heteroatoms. The van der Waals surface area contributed by atoms with Crippen LogP contribution in [0.15, 0.2) is 0 Å². The van der Waals surface area contributed by atoms with Crippen molar-refractivity contribution in [3.63, 3.8) is 0 Å². The largest absolute Gasteiger partial charge is 0.481 e. The lowest BCUT2D eigenvalue weighted by Gasteiger charge is -2.24. The molecule has 0 heterocycles. The van der Waals surface area contributed by atoms with Crippen molar-refractivity contribution >= 4 is 35.6 Å². The van der Waals surface area contributed by atoms with Crippen LogP contribution in [-0.2, 0) is 28.8 Å². The topological polar surface area (TPSA) is 271 Å². The van der Waals surface area contributed by atoms with Crippen LogP contribution in [0.25, 0.3) is 0 Å². The van der Waals surface area contributed by atoms with E-state index in [4.69, 9.17) is 31.9 Å². The van der Waals surface area contributed by atoms with E-state index in [1.54, 1.807) is 0 Å². The molecule has 33 heavy (non-hydrogen) atoms. The number of unbranched alkanes of at least 4 members (excludes halogenated alkanes) is 1. The van der Waals surface area contributed by atoms with E-state index in [9.17, 15) is 28.8 Å². The zero-order valence-corrected chi connectivity index (χ0v) is 17.9. The first kappa shape index (κ1) is 29.7. The number of amides is 3. The van der Waals surface area contributed by atoms with Gasteiger partial charge >= 0.3 is 17.9 Å². The lowest BCUT2D eigenvalue weighted by atomic mass is 10.1. The van der Waals surface area contributed by atoms with Crippen molar-refractivity contribution in [1.29, 1.82) is 0 Å². The molecule has 0 aromatic heterocycles. The molecule has 4 unspecified atom stereocenters. The standard InChI is InChI=1S/C18H31N5O10/c19-6-2-1-3-10(21-15(29)9(20)7-14(27)28)16(30)22-11(4-5-13(25)26)17(31)23-12(8-24)18(32)33/h9-12,24H,1-8,19-20H2,(H,21,29)(H,22,30)(H,23,31)(H,25,26)(H,27,28)(H,32,33). The Bertz CT molecular complexity index is 717. The number of aliphatic hydroxyl groups is 1. The van der Waals surface area contributed by atoms with Crippen molar-refractivity contribution in [1.82, 2.24) is 16.0 Å². The van der Waals surface area contributed by atoms with Crippen molar-refractivity contribution in [2.24, 2.45) is 11.5 Å². The zero-order chi connectivity index (χ0) is 25.6. The number of carboxylic acids is 3. The summed E-state index contributed by atoms with van der Waals surface area (Å²) in [4.78, 5) is 70.0. The van der Waals surface area contributed by atoms with E-state index in [0.29, 0.717) is 19.4 Å². The van der Waals surface area contributed by atoms with Crippen LogP contribution in [0.3, 0.4) is 0 Å². The lowest BCUT2D eigenvalue weighted by Crippen LogP contribution is -2.57. The molecule has 0 fully saturated rings. The van der Waals surface area contributed by atoms with Gasteiger partial charge in [-0.05, 0) is 32.2 Å². The molecule has 0 aliphatic heterocycles. The Morgan fingerprint density at radius 3 is 1.70 bits per heavy atom. The molecule has 4 atom stereocenters. The maximum atomic E-state index is 12.8. The summed E-state index contributed by atoms with van der Waals surface area (Å²) in [6.45, 7) is -0.651. The minimum atomic E-state index is -1.68. The van der Waals surface area contributed by atoms with E-state index in [2.05, 4.69) is 10.6 Å². The molecule has 0 aliphatic rings. The van der Waals surface area contributed by atoms with Gasteiger partial charge in [-0.3, -0.25) is 24.0 Å². The van der Waals surface area contributed by atoms with E-state index in [1.807, 2.05) is 5.32 Å². The van der Waals surface area contributed by atoms with Gasteiger partial charge in [-0.25, -0.2) is 4.79 Å². The number of nitrogens with one attached hydrogen (secondary N) is 3. The van der Waals surface area contributed by atoms with Crippen molar-refractivity contribution in [2.45, 2.75) is 62.7 Å². The number of carbonyl (C=O) groups excluding carboxylic acids is 3. The van der Waals surface area contributed by atoms with Crippen LogP contribution in [0, 0.1) is 0 Å². The predicted octanol–water partition coefficient (Wildman–Crippen LogP) is -3.69. The van der Waals surface area contributed by atoms with E-state index in [1.165, 1.54) is 0 Å². The maximum absolute atomic E-state index is 12.8. The second-order valence-corrected chi connectivity index (χ2v) is 7.13. The zero-order valence-electron chi connectivity index (χ0n) is 17.9. The van der Waals surface area contributed by atoms with Crippen molar-refractivity contribution in [3.8, 4) is 0 Å². The van der Waals surface area contributed by atoms with E-state index in [0.717, 1.165) is 0 Å². The summed E-state index contributed by atoms with van der Waals surface area (Å²) in [6, 6.07) is -5.88. The summed E-state index contributed by atoms with van der Waals surface area (Å²) in [6.07, 6.45) is -0.739. The molecule has 188 valence electrons. The smallest absolute Gasteiger partial charge is 0.328 e. The first-order valence-corrected chi connectivity index (χ1v) is 10.1. The van der Waals surface area contributed by atoms with Gasteiger partial charge in [0.2, 0.25) is 17.7 Å². The van der Waals surface area contributed by atoms with Gasteiger partial charge in [0, 0.05) is 6.42 Å². The molecule has 0 radical (unpaired) electrons. The van der Waals surface area contributed by atoms with E-state index < -0.39 is 85.7 Å². The van der Waals surface area contributed by atoms with Crippen LogP contribution in [0.4, 0.5) is 0 Å². The van der Waals surface area contributed by atoms with Gasteiger partial charge in [-0.15, -0.1) is 0 Å². The van der Waals surface area contributed by atoms with Crippen molar-refractivity contribution in [2.75, 3.05) is 13.2 Å². The molecule has 15 nitrogen and oxygen atoms in total. The molecule has 3 amide bonds. The van der Waals surface area contributed by atoms with Crippen molar-refractivity contribution in [3.05, 3.63) is 0 Å². The summed E-state index contributed by atoms with van der Waals surface area (Å²) < 4.78 is 0. The summed E-state index contributed by atoms with van der Waals surface area (Å²) in [5.41, 5.74) is 10.9. The van der Waals surface area contributed by atoms with Gasteiger partial charge in [-0.2, -0.15) is 0 Å². The summed E-state index contributed by atoms with van der Waals surface area (Å²) in [5.74, 6) is -7.04. The number of hydrogen-bond donors (Lipinski definition) is 9. The minimum absolute atomic E-state index is 0.0518. The number of carbonyl (C=O) groups is 6. The highest BCUT2D eigenvalue weighted by molar-refractivity contribution is 5.94. The first-order chi connectivity index (χ1) is 15.4. The normalized spacial score (nSPS) is 14.3. The second-order valence-electron chi connectivity index (χ2n) is 7.13. The molecular formula is C18H31N5O10. The molecule has 0 bridgehead atoms. The number of nitrogens with two attached hydrogens (primary N) is 2. The maximum Gasteiger partial charge on any atom is 0.328 e. The van der Waals surface area contributed by atoms with Crippen LogP contribution in [0.1, 0.15) is 38.5 Å². The van der Waals surface area contributed by atoms with Gasteiger partial charge in [0.25, 0.3) is 0 Å². The highest BCUT2D eigenvalue weighted by Gasteiger charge is 2.30. The molecule has 0 rings (SSSR count). The number of hydrogen-bond acceptors (Lipinski definition) is 9. The Balaban J connectivity index is 5.49. The molecular weight excluding hydrogens is 446 g/mol. The molecule has 0 saturated carbocycles. The van der Waals surface area contributed by atoms with Crippen LogP contribution >= 0.6 is 0 Å². The Labute approximate surface area is 188 Å². The molecule has 0 aromatic carbocycles. The number of aliphatic carboxylic acids is 3. The fourth-order valence-corrected chi connectivity index (χ4v) is 2.59. The summed E-state index contributed by atoms with van der Waals surface area (Å²) in [5, 5.41) is 42.2. The van der Waals surface area contributed by atoms with Crippen LogP contribution in [0.5, 0.6) is 0 Å². The predicted molar refractivity (Wildman–Crippen MR) is 111 cm³/mol. The SMILES string of the molecule is NCCCCC(NC(=O)C(N)CC(=O)O)C(=O)NC(CCC(=O)O)C(=O)NC(CO)C(=O)O. The van der Waals surface area contributed by atoms with E-state index in [-0.39, 0.29) is 6.42 Å². The monoisotopic (exact) mass is 477 g/mol. The molecule has 0 saturated heterocycles. The quantitative estimate of drug-likeness (QED) is 0.0916. The summed E-state index contributed by atoms with van der Waals surface area (Å²) >= 11 is 0. The van der Waals surface area contributed by atoms with Gasteiger partial charge in [-0.1, -0.05) is 0 Å². The Kier molecular flexibility index (Phi) is 13.9. The summed E-state index contributed by atoms with van der Waals surface area (Å²) in [7, 11) is 0. The van der Waals surface area contributed by atoms with Gasteiger partial charge in [0.05, 0.1) is 19.1 Å². The Morgan fingerprint density at radius 2 is 1.24 bits per heavy atom. The fourth-order valence-electron chi connectivity index (χ4n) is 2.59. The van der Waals surface area contributed by atoms with Crippen LogP contribution in [0.2, 0.25) is 0 Å². The lowest BCUT2D eigenvalue weighted by molar-refractivity contribution is -0.144. The van der Waals surface area contributed by atoms with Gasteiger partial charge in [0.1, 0.15) is 18.1 Å². The minimum Gasteiger partial charge on any atom is -0.481 e. The third-order valence-electron chi connectivity index (χ3n) is 4.39. The highest BCUT2D eigenvalue weighted by Crippen LogP contribution is 2.06. The number of carboxylic acid groups (broad SMARTS) is 3. The van der Waals surface area contributed by atoms with E-state index >= 15 is 0 Å².